The quantitative estimate of drug-likeness (QED) is 0.489. The predicted octanol–water partition coefficient (Wildman–Crippen LogP) is 3.76. The largest absolute Gasteiger partial charge is 0.479 e. The number of aliphatic hydroxyl groups is 1. The van der Waals surface area contributed by atoms with Crippen LogP contribution in [0.4, 0.5) is 0 Å². The van der Waals surface area contributed by atoms with Gasteiger partial charge in [0, 0.05) is 18.7 Å². The number of fused-ring (bicyclic) bond motifs is 1. The molecule has 8 heteroatoms. The van der Waals surface area contributed by atoms with Crippen molar-refractivity contribution in [2.24, 2.45) is 0 Å². The molecule has 1 aliphatic rings. The minimum Gasteiger partial charge on any atom is -0.479 e. The molecule has 0 saturated heterocycles. The van der Waals surface area contributed by atoms with Gasteiger partial charge in [-0.3, -0.25) is 0 Å². The van der Waals surface area contributed by atoms with Gasteiger partial charge in [-0.25, -0.2) is 19.6 Å². The Morgan fingerprint density at radius 1 is 1.15 bits per heavy atom. The van der Waals surface area contributed by atoms with Crippen molar-refractivity contribution in [2.75, 3.05) is 7.11 Å². The van der Waals surface area contributed by atoms with Gasteiger partial charge in [0.15, 0.2) is 5.82 Å². The Morgan fingerprint density at radius 3 is 2.82 bits per heavy atom. The number of imidazole rings is 1. The van der Waals surface area contributed by atoms with Crippen LogP contribution in [0.15, 0.2) is 48.9 Å². The first-order valence-corrected chi connectivity index (χ1v) is 11.0. The summed E-state index contributed by atoms with van der Waals surface area (Å²) in [5.74, 6) is 2.24. The number of aryl methyl sites for hydroxylation is 2. The summed E-state index contributed by atoms with van der Waals surface area (Å²) in [5.41, 5.74) is 4.58. The first-order valence-electron chi connectivity index (χ1n) is 11.0. The lowest BCUT2D eigenvalue weighted by molar-refractivity contribution is 0.279. The van der Waals surface area contributed by atoms with Gasteiger partial charge in [-0.2, -0.15) is 5.10 Å². The van der Waals surface area contributed by atoms with E-state index < -0.39 is 0 Å². The average Bonchev–Trinajstić information content (AvgIpc) is 3.48. The first-order chi connectivity index (χ1) is 16.2. The molecule has 0 aliphatic carbocycles. The zero-order chi connectivity index (χ0) is 22.8. The van der Waals surface area contributed by atoms with Crippen LogP contribution in [-0.2, 0) is 13.2 Å². The molecule has 0 saturated carbocycles. The smallest absolute Gasteiger partial charge is 0.238 e. The Morgan fingerprint density at radius 2 is 2.03 bits per heavy atom. The second kappa shape index (κ2) is 8.99. The third kappa shape index (κ3) is 4.17. The van der Waals surface area contributed by atoms with Crippen molar-refractivity contribution in [3.8, 4) is 11.6 Å². The van der Waals surface area contributed by atoms with Crippen LogP contribution in [-0.4, -0.2) is 41.5 Å². The molecule has 0 amide bonds. The van der Waals surface area contributed by atoms with E-state index in [9.17, 15) is 5.11 Å². The molecule has 0 fully saturated rings. The molecule has 0 radical (unpaired) electrons. The minimum atomic E-state index is 0.0235. The molecule has 5 rings (SSSR count). The topological polar surface area (TPSA) is 90.9 Å². The number of aromatic nitrogens is 6. The fourth-order valence-electron chi connectivity index (χ4n) is 4.35. The highest BCUT2D eigenvalue weighted by Crippen LogP contribution is 2.34. The Labute approximate surface area is 192 Å². The summed E-state index contributed by atoms with van der Waals surface area (Å²) in [6.45, 7) is 2.81. The molecule has 8 nitrogen and oxygen atoms in total. The number of hydrogen-bond donors (Lipinski definition) is 1. The van der Waals surface area contributed by atoms with E-state index >= 15 is 0 Å². The van der Waals surface area contributed by atoms with E-state index in [1.807, 2.05) is 64.9 Å². The second-order valence-corrected chi connectivity index (χ2v) is 8.12. The van der Waals surface area contributed by atoms with E-state index in [0.29, 0.717) is 11.7 Å². The molecular weight excluding hydrogens is 416 g/mol. The lowest BCUT2D eigenvalue weighted by Crippen LogP contribution is -2.19. The zero-order valence-corrected chi connectivity index (χ0v) is 18.7. The lowest BCUT2D eigenvalue weighted by atomic mass is 9.88. The third-order valence-electron chi connectivity index (χ3n) is 5.94. The van der Waals surface area contributed by atoms with Gasteiger partial charge >= 0.3 is 0 Å². The standard InChI is InChI=1S/C25H26N6O2/c1-17-14-30(16-26-17)22-11-9-19(27-25(22)33-2)10-12-23-28-24-21(8-5-13-31(24)29-23)20-7-4-3-6-18(20)15-32/h3-4,6-7,9-12,14,16,21,32H,5,8,13,15H2,1-2H3/t21-/m1/s1. The monoisotopic (exact) mass is 442 g/mol. The molecule has 0 bridgehead atoms. The molecule has 4 heterocycles. The summed E-state index contributed by atoms with van der Waals surface area (Å²) in [5, 5.41) is 14.5. The molecule has 33 heavy (non-hydrogen) atoms. The van der Waals surface area contributed by atoms with Crippen molar-refractivity contribution < 1.29 is 9.84 Å². The molecule has 1 aliphatic heterocycles. The molecule has 1 N–H and O–H groups in total. The summed E-state index contributed by atoms with van der Waals surface area (Å²) in [7, 11) is 1.61. The number of methoxy groups -OCH3 is 1. The number of aliphatic hydroxyl groups excluding tert-OH is 1. The fourth-order valence-corrected chi connectivity index (χ4v) is 4.35. The predicted molar refractivity (Wildman–Crippen MR) is 125 cm³/mol. The molecule has 0 unspecified atom stereocenters. The second-order valence-electron chi connectivity index (χ2n) is 8.12. The van der Waals surface area contributed by atoms with Gasteiger partial charge in [0.05, 0.1) is 31.4 Å². The lowest BCUT2D eigenvalue weighted by Gasteiger charge is -2.24. The average molecular weight is 443 g/mol. The van der Waals surface area contributed by atoms with Gasteiger partial charge in [0.2, 0.25) is 5.88 Å². The SMILES string of the molecule is COc1nc(C=Cc2nc3n(n2)CCC[C@@H]3c2ccccc2CO)ccc1-n1cnc(C)c1. The maximum absolute atomic E-state index is 9.77. The van der Waals surface area contributed by atoms with E-state index in [-0.39, 0.29) is 12.5 Å². The summed E-state index contributed by atoms with van der Waals surface area (Å²) in [4.78, 5) is 13.7. The van der Waals surface area contributed by atoms with Gasteiger partial charge in [0.1, 0.15) is 11.5 Å². The molecule has 3 aromatic heterocycles. The molecule has 0 spiro atoms. The Bertz CT molecular complexity index is 1310. The maximum atomic E-state index is 9.77. The van der Waals surface area contributed by atoms with Gasteiger partial charge < -0.3 is 14.4 Å². The summed E-state index contributed by atoms with van der Waals surface area (Å²) >= 11 is 0. The van der Waals surface area contributed by atoms with Crippen LogP contribution in [0.3, 0.4) is 0 Å². The Hall–Kier alpha value is -3.78. The van der Waals surface area contributed by atoms with Gasteiger partial charge in [-0.15, -0.1) is 0 Å². The maximum Gasteiger partial charge on any atom is 0.238 e. The van der Waals surface area contributed by atoms with E-state index in [2.05, 4.69) is 16.0 Å². The Balaban J connectivity index is 1.42. The molecule has 4 aromatic rings. The van der Waals surface area contributed by atoms with E-state index in [1.165, 1.54) is 0 Å². The zero-order valence-electron chi connectivity index (χ0n) is 18.7. The van der Waals surface area contributed by atoms with Crippen LogP contribution in [0.25, 0.3) is 17.8 Å². The van der Waals surface area contributed by atoms with Crippen molar-refractivity contribution in [1.29, 1.82) is 0 Å². The van der Waals surface area contributed by atoms with E-state index in [1.54, 1.807) is 13.4 Å². The van der Waals surface area contributed by atoms with Crippen LogP contribution in [0.1, 0.15) is 52.9 Å². The van der Waals surface area contributed by atoms with Crippen molar-refractivity contribution in [3.05, 3.63) is 83.1 Å². The number of rotatable bonds is 6. The summed E-state index contributed by atoms with van der Waals surface area (Å²) in [6.07, 6.45) is 9.46. The van der Waals surface area contributed by atoms with Crippen molar-refractivity contribution in [3.63, 3.8) is 0 Å². The van der Waals surface area contributed by atoms with Gasteiger partial charge in [-0.05, 0) is 55.2 Å². The molecule has 1 aromatic carbocycles. The molecule has 1 atom stereocenters. The van der Waals surface area contributed by atoms with Crippen molar-refractivity contribution in [2.45, 2.75) is 38.8 Å². The van der Waals surface area contributed by atoms with Crippen LogP contribution >= 0.6 is 0 Å². The van der Waals surface area contributed by atoms with Crippen LogP contribution in [0.2, 0.25) is 0 Å². The number of nitrogens with zero attached hydrogens (tertiary/aromatic N) is 6. The molecular formula is C25H26N6O2. The fraction of sp³-hybridized carbons (Fsp3) is 0.280. The van der Waals surface area contributed by atoms with Crippen molar-refractivity contribution in [1.82, 2.24) is 29.3 Å². The van der Waals surface area contributed by atoms with Crippen LogP contribution < -0.4 is 4.74 Å². The number of ether oxygens (including phenoxy) is 1. The van der Waals surface area contributed by atoms with E-state index in [0.717, 1.165) is 53.4 Å². The Kier molecular flexibility index (Phi) is 5.75. The first kappa shape index (κ1) is 21.1. The van der Waals surface area contributed by atoms with Crippen molar-refractivity contribution >= 4 is 12.2 Å². The van der Waals surface area contributed by atoms with Crippen LogP contribution in [0.5, 0.6) is 5.88 Å². The normalized spacial score (nSPS) is 15.7. The highest BCUT2D eigenvalue weighted by Gasteiger charge is 2.26. The number of pyridine rings is 1. The summed E-state index contributed by atoms with van der Waals surface area (Å²) in [6, 6.07) is 11.9. The van der Waals surface area contributed by atoms with E-state index in [4.69, 9.17) is 14.8 Å². The highest BCUT2D eigenvalue weighted by atomic mass is 16.5. The van der Waals surface area contributed by atoms with Gasteiger partial charge in [0.25, 0.3) is 0 Å². The third-order valence-corrected chi connectivity index (χ3v) is 5.94. The van der Waals surface area contributed by atoms with Gasteiger partial charge in [-0.1, -0.05) is 24.3 Å². The summed E-state index contributed by atoms with van der Waals surface area (Å²) < 4.78 is 9.38. The number of hydrogen-bond acceptors (Lipinski definition) is 6. The highest BCUT2D eigenvalue weighted by molar-refractivity contribution is 5.65. The molecule has 168 valence electrons. The minimum absolute atomic E-state index is 0.0235. The number of benzene rings is 1. The van der Waals surface area contributed by atoms with Crippen LogP contribution in [0, 0.1) is 6.92 Å².